The first-order valence-electron chi connectivity index (χ1n) is 5.63. The molecule has 1 aromatic rings. The van der Waals surface area contributed by atoms with E-state index in [1.54, 1.807) is 13.2 Å². The van der Waals surface area contributed by atoms with Crippen LogP contribution in [0.4, 0.5) is 0 Å². The van der Waals surface area contributed by atoms with E-state index in [-0.39, 0.29) is 6.61 Å². The third-order valence-electron chi connectivity index (χ3n) is 2.03. The van der Waals surface area contributed by atoms with Crippen molar-refractivity contribution >= 4 is 0 Å². The van der Waals surface area contributed by atoms with Gasteiger partial charge in [-0.15, -0.1) is 6.58 Å². The van der Waals surface area contributed by atoms with Gasteiger partial charge in [0, 0.05) is 6.61 Å². The molecule has 0 saturated heterocycles. The average molecular weight is 222 g/mol. The molecular weight excluding hydrogens is 200 g/mol. The van der Waals surface area contributed by atoms with Crippen LogP contribution in [0.2, 0.25) is 0 Å². The van der Waals surface area contributed by atoms with Gasteiger partial charge >= 0.3 is 0 Å². The summed E-state index contributed by atoms with van der Waals surface area (Å²) in [6.07, 6.45) is 4.75. The van der Waals surface area contributed by atoms with Crippen LogP contribution < -0.4 is 4.74 Å². The normalized spacial score (nSPS) is 8.94. The lowest BCUT2D eigenvalue weighted by Gasteiger charge is -2.00. The molecule has 0 aliphatic carbocycles. The van der Waals surface area contributed by atoms with Gasteiger partial charge in [0.15, 0.2) is 0 Å². The second kappa shape index (κ2) is 10.2. The van der Waals surface area contributed by atoms with Crippen LogP contribution >= 0.6 is 0 Å². The van der Waals surface area contributed by atoms with Crippen LogP contribution in [0.15, 0.2) is 36.9 Å². The molecule has 0 aromatic heterocycles. The zero-order valence-corrected chi connectivity index (χ0v) is 10.3. The summed E-state index contributed by atoms with van der Waals surface area (Å²) in [5.41, 5.74) is 1.38. The number of benzene rings is 1. The Kier molecular flexibility index (Phi) is 9.43. The van der Waals surface area contributed by atoms with Crippen LogP contribution in [-0.4, -0.2) is 18.8 Å². The molecule has 0 amide bonds. The summed E-state index contributed by atoms with van der Waals surface area (Å²) in [7, 11) is 1.69. The van der Waals surface area contributed by atoms with Gasteiger partial charge < -0.3 is 9.84 Å². The van der Waals surface area contributed by atoms with Crippen LogP contribution in [0.3, 0.4) is 0 Å². The Hall–Kier alpha value is -1.28. The summed E-state index contributed by atoms with van der Waals surface area (Å²) in [6, 6.07) is 8.24. The lowest BCUT2D eigenvalue weighted by molar-refractivity contribution is 0.303. The number of aryl methyl sites for hydroxylation is 1. The fourth-order valence-corrected chi connectivity index (χ4v) is 1.17. The highest BCUT2D eigenvalue weighted by molar-refractivity contribution is 5.27. The van der Waals surface area contributed by atoms with E-state index in [1.165, 1.54) is 12.0 Å². The largest absolute Gasteiger partial charge is 0.497 e. The van der Waals surface area contributed by atoms with Gasteiger partial charge in [0.25, 0.3) is 0 Å². The van der Waals surface area contributed by atoms with Crippen LogP contribution in [0.25, 0.3) is 0 Å². The van der Waals surface area contributed by atoms with E-state index in [0.717, 1.165) is 12.2 Å². The van der Waals surface area contributed by atoms with E-state index in [2.05, 4.69) is 25.6 Å². The highest BCUT2D eigenvalue weighted by atomic mass is 16.5. The lowest BCUT2D eigenvalue weighted by atomic mass is 10.1. The van der Waals surface area contributed by atoms with Gasteiger partial charge in [-0.05, 0) is 30.5 Å². The minimum atomic E-state index is 0.226. The first kappa shape index (κ1) is 14.7. The SMILES string of the molecule is C=CCCO.CCCc1ccc(OC)cc1. The van der Waals surface area contributed by atoms with Gasteiger partial charge in [0.05, 0.1) is 7.11 Å². The third kappa shape index (κ3) is 7.07. The van der Waals surface area contributed by atoms with Gasteiger partial charge in [0.2, 0.25) is 0 Å². The standard InChI is InChI=1S/C10H14O.C4H8O/c1-3-4-9-5-7-10(11-2)8-6-9;1-2-3-4-5/h5-8H,3-4H2,1-2H3;2,5H,1,3-4H2. The Morgan fingerprint density at radius 3 is 2.25 bits per heavy atom. The Labute approximate surface area is 98.6 Å². The van der Waals surface area contributed by atoms with E-state index in [1.807, 2.05) is 12.1 Å². The number of aliphatic hydroxyl groups is 1. The molecule has 1 rings (SSSR count). The molecule has 0 radical (unpaired) electrons. The molecule has 0 atom stereocenters. The van der Waals surface area contributed by atoms with Crippen LogP contribution in [0, 0.1) is 0 Å². The maximum absolute atomic E-state index is 8.00. The fraction of sp³-hybridized carbons (Fsp3) is 0.429. The number of ether oxygens (including phenoxy) is 1. The van der Waals surface area contributed by atoms with Crippen molar-refractivity contribution in [2.24, 2.45) is 0 Å². The van der Waals surface area contributed by atoms with Crippen LogP contribution in [0.5, 0.6) is 5.75 Å². The lowest BCUT2D eigenvalue weighted by Crippen LogP contribution is -1.84. The van der Waals surface area contributed by atoms with Crippen LogP contribution in [-0.2, 0) is 6.42 Å². The topological polar surface area (TPSA) is 29.5 Å². The summed E-state index contributed by atoms with van der Waals surface area (Å²) >= 11 is 0. The van der Waals surface area contributed by atoms with E-state index >= 15 is 0 Å². The maximum atomic E-state index is 8.00. The number of aliphatic hydroxyl groups excluding tert-OH is 1. The molecule has 0 aliphatic rings. The van der Waals surface area contributed by atoms with Crippen molar-refractivity contribution in [2.45, 2.75) is 26.2 Å². The minimum Gasteiger partial charge on any atom is -0.497 e. The molecule has 0 saturated carbocycles. The van der Waals surface area contributed by atoms with Gasteiger partial charge in [-0.25, -0.2) is 0 Å². The average Bonchev–Trinajstić information content (AvgIpc) is 2.32. The third-order valence-corrected chi connectivity index (χ3v) is 2.03. The Balaban J connectivity index is 0.000000385. The van der Waals surface area contributed by atoms with Crippen molar-refractivity contribution in [1.82, 2.24) is 0 Å². The highest BCUT2D eigenvalue weighted by Crippen LogP contribution is 2.11. The maximum Gasteiger partial charge on any atom is 0.118 e. The van der Waals surface area contributed by atoms with Gasteiger partial charge in [-0.1, -0.05) is 31.6 Å². The highest BCUT2D eigenvalue weighted by Gasteiger charge is 1.91. The molecule has 0 aliphatic heterocycles. The van der Waals surface area contributed by atoms with Gasteiger partial charge in [-0.3, -0.25) is 0 Å². The molecule has 1 aromatic carbocycles. The zero-order valence-electron chi connectivity index (χ0n) is 10.3. The zero-order chi connectivity index (χ0) is 12.2. The second-order valence-corrected chi connectivity index (χ2v) is 3.40. The van der Waals surface area contributed by atoms with E-state index < -0.39 is 0 Å². The van der Waals surface area contributed by atoms with Crippen molar-refractivity contribution in [3.63, 3.8) is 0 Å². The van der Waals surface area contributed by atoms with E-state index in [9.17, 15) is 0 Å². The minimum absolute atomic E-state index is 0.226. The van der Waals surface area contributed by atoms with Crippen molar-refractivity contribution < 1.29 is 9.84 Å². The number of rotatable bonds is 5. The quantitative estimate of drug-likeness (QED) is 0.775. The number of hydrogen-bond acceptors (Lipinski definition) is 2. The Morgan fingerprint density at radius 1 is 1.31 bits per heavy atom. The Bertz CT molecular complexity index is 265. The fourth-order valence-electron chi connectivity index (χ4n) is 1.17. The molecule has 2 nitrogen and oxygen atoms in total. The number of hydrogen-bond donors (Lipinski definition) is 1. The predicted octanol–water partition coefficient (Wildman–Crippen LogP) is 3.20. The summed E-state index contributed by atoms with van der Waals surface area (Å²) < 4.78 is 5.05. The summed E-state index contributed by atoms with van der Waals surface area (Å²) in [5, 5.41) is 8.00. The molecule has 0 unspecified atom stereocenters. The second-order valence-electron chi connectivity index (χ2n) is 3.40. The first-order valence-corrected chi connectivity index (χ1v) is 5.63. The molecule has 0 spiro atoms. The Morgan fingerprint density at radius 2 is 1.94 bits per heavy atom. The number of methoxy groups -OCH3 is 1. The van der Waals surface area contributed by atoms with Gasteiger partial charge in [0.1, 0.15) is 5.75 Å². The van der Waals surface area contributed by atoms with Crippen molar-refractivity contribution in [1.29, 1.82) is 0 Å². The summed E-state index contributed by atoms with van der Waals surface area (Å²) in [5.74, 6) is 0.935. The van der Waals surface area contributed by atoms with E-state index in [4.69, 9.17) is 9.84 Å². The van der Waals surface area contributed by atoms with Crippen LogP contribution in [0.1, 0.15) is 25.3 Å². The molecule has 1 N–H and O–H groups in total. The van der Waals surface area contributed by atoms with Crippen molar-refractivity contribution in [3.05, 3.63) is 42.5 Å². The smallest absolute Gasteiger partial charge is 0.118 e. The first-order chi connectivity index (χ1) is 7.78. The predicted molar refractivity (Wildman–Crippen MR) is 68.9 cm³/mol. The monoisotopic (exact) mass is 222 g/mol. The molecule has 16 heavy (non-hydrogen) atoms. The summed E-state index contributed by atoms with van der Waals surface area (Å²) in [4.78, 5) is 0. The van der Waals surface area contributed by atoms with Crippen molar-refractivity contribution in [3.8, 4) is 5.75 Å². The molecule has 0 bridgehead atoms. The molecule has 0 fully saturated rings. The molecule has 90 valence electrons. The van der Waals surface area contributed by atoms with E-state index in [0.29, 0.717) is 6.42 Å². The van der Waals surface area contributed by atoms with Gasteiger partial charge in [-0.2, -0.15) is 0 Å². The van der Waals surface area contributed by atoms with Crippen molar-refractivity contribution in [2.75, 3.05) is 13.7 Å². The summed E-state index contributed by atoms with van der Waals surface area (Å²) in [6.45, 7) is 5.80. The molecular formula is C14H22O2. The molecule has 2 heteroatoms. The molecule has 0 heterocycles.